The second kappa shape index (κ2) is 4.78. The van der Waals surface area contributed by atoms with Crippen LogP contribution in [0.15, 0.2) is 48.8 Å². The predicted molar refractivity (Wildman–Crippen MR) is 61.7 cm³/mol. The third kappa shape index (κ3) is 2.68. The Morgan fingerprint density at radius 2 is 1.39 bits per heavy atom. The monoisotopic (exact) mass is 252 g/mol. The van der Waals surface area contributed by atoms with Crippen LogP contribution >= 0.6 is 0 Å². The Morgan fingerprint density at radius 3 is 1.89 bits per heavy atom. The smallest absolute Gasteiger partial charge is 0.320 e. The molecule has 1 aromatic carbocycles. The topological polar surface area (TPSA) is 38.9 Å². The number of hydrogen-bond donors (Lipinski definition) is 1. The summed E-state index contributed by atoms with van der Waals surface area (Å²) in [6, 6.07) is 7.90. The van der Waals surface area contributed by atoms with Crippen molar-refractivity contribution in [2.75, 3.05) is 0 Å². The zero-order chi connectivity index (χ0) is 13.2. The summed E-state index contributed by atoms with van der Waals surface area (Å²) >= 11 is 0. The predicted octanol–water partition coefficient (Wildman–Crippen LogP) is 3.15. The summed E-state index contributed by atoms with van der Waals surface area (Å²) in [7, 11) is 0. The molecule has 0 aliphatic heterocycles. The lowest BCUT2D eigenvalue weighted by Gasteiger charge is -2.13. The van der Waals surface area contributed by atoms with Gasteiger partial charge >= 0.3 is 6.18 Å². The molecule has 2 nitrogen and oxygen atoms in total. The van der Waals surface area contributed by atoms with Crippen molar-refractivity contribution in [1.82, 2.24) is 4.98 Å². The summed E-state index contributed by atoms with van der Waals surface area (Å²) in [6.07, 6.45) is -1.13. The molecule has 1 heterocycles. The summed E-state index contributed by atoms with van der Waals surface area (Å²) < 4.78 is 37.2. The SMILES string of the molecule is NC(c1ccncc1)c1ccc(C(F)(F)F)cc1. The molecule has 0 aliphatic carbocycles. The molecule has 0 fully saturated rings. The summed E-state index contributed by atoms with van der Waals surface area (Å²) in [6.45, 7) is 0. The van der Waals surface area contributed by atoms with E-state index in [1.165, 1.54) is 12.1 Å². The molecule has 5 heteroatoms. The van der Waals surface area contributed by atoms with E-state index in [2.05, 4.69) is 4.98 Å². The van der Waals surface area contributed by atoms with E-state index in [-0.39, 0.29) is 0 Å². The number of pyridine rings is 1. The molecule has 0 spiro atoms. The lowest BCUT2D eigenvalue weighted by molar-refractivity contribution is -0.137. The minimum Gasteiger partial charge on any atom is -0.320 e. The Balaban J connectivity index is 2.25. The first-order valence-electron chi connectivity index (χ1n) is 5.31. The maximum absolute atomic E-state index is 12.4. The van der Waals surface area contributed by atoms with E-state index >= 15 is 0 Å². The molecule has 18 heavy (non-hydrogen) atoms. The van der Waals surface area contributed by atoms with Gasteiger partial charge in [0.2, 0.25) is 0 Å². The van der Waals surface area contributed by atoms with Gasteiger partial charge in [0, 0.05) is 12.4 Å². The zero-order valence-electron chi connectivity index (χ0n) is 9.35. The van der Waals surface area contributed by atoms with Crippen molar-refractivity contribution in [2.24, 2.45) is 5.73 Å². The van der Waals surface area contributed by atoms with Crippen molar-refractivity contribution < 1.29 is 13.2 Å². The molecule has 1 aromatic heterocycles. The Morgan fingerprint density at radius 1 is 0.889 bits per heavy atom. The molecule has 0 saturated heterocycles. The highest BCUT2D eigenvalue weighted by Crippen LogP contribution is 2.30. The number of rotatable bonds is 2. The van der Waals surface area contributed by atoms with E-state index in [1.54, 1.807) is 24.5 Å². The number of aromatic nitrogens is 1. The second-order valence-electron chi connectivity index (χ2n) is 3.88. The summed E-state index contributed by atoms with van der Waals surface area (Å²) in [4.78, 5) is 3.86. The zero-order valence-corrected chi connectivity index (χ0v) is 9.35. The van der Waals surface area contributed by atoms with Gasteiger partial charge in [0.1, 0.15) is 0 Å². The van der Waals surface area contributed by atoms with Gasteiger partial charge in [0.25, 0.3) is 0 Å². The summed E-state index contributed by atoms with van der Waals surface area (Å²) in [5.74, 6) is 0. The van der Waals surface area contributed by atoms with Gasteiger partial charge < -0.3 is 5.73 Å². The fraction of sp³-hybridized carbons (Fsp3) is 0.154. The fourth-order valence-electron chi connectivity index (χ4n) is 1.64. The summed E-state index contributed by atoms with van der Waals surface area (Å²) in [5, 5.41) is 0. The first-order valence-corrected chi connectivity index (χ1v) is 5.31. The molecule has 1 unspecified atom stereocenters. The lowest BCUT2D eigenvalue weighted by atomic mass is 9.99. The van der Waals surface area contributed by atoms with Crippen LogP contribution in [0.3, 0.4) is 0 Å². The lowest BCUT2D eigenvalue weighted by Crippen LogP contribution is -2.12. The van der Waals surface area contributed by atoms with Crippen molar-refractivity contribution in [3.8, 4) is 0 Å². The van der Waals surface area contributed by atoms with Crippen LogP contribution in [-0.2, 0) is 6.18 Å². The van der Waals surface area contributed by atoms with Crippen LogP contribution in [0.25, 0.3) is 0 Å². The van der Waals surface area contributed by atoms with Crippen LogP contribution in [0.5, 0.6) is 0 Å². The highest BCUT2D eigenvalue weighted by atomic mass is 19.4. The number of halogens is 3. The number of alkyl halides is 3. The van der Waals surface area contributed by atoms with Crippen LogP contribution in [0, 0.1) is 0 Å². The Labute approximate surface area is 102 Å². The highest BCUT2D eigenvalue weighted by molar-refractivity contribution is 5.32. The number of nitrogens with two attached hydrogens (primary N) is 1. The van der Waals surface area contributed by atoms with Crippen molar-refractivity contribution >= 4 is 0 Å². The van der Waals surface area contributed by atoms with E-state index in [0.717, 1.165) is 17.7 Å². The molecule has 0 bridgehead atoms. The fourth-order valence-corrected chi connectivity index (χ4v) is 1.64. The first-order chi connectivity index (χ1) is 8.48. The van der Waals surface area contributed by atoms with Crippen LogP contribution in [0.4, 0.5) is 13.2 Å². The van der Waals surface area contributed by atoms with E-state index in [9.17, 15) is 13.2 Å². The van der Waals surface area contributed by atoms with Crippen molar-refractivity contribution in [3.05, 3.63) is 65.5 Å². The van der Waals surface area contributed by atoms with Gasteiger partial charge in [-0.1, -0.05) is 12.1 Å². The number of nitrogens with zero attached hydrogens (tertiary/aromatic N) is 1. The quantitative estimate of drug-likeness (QED) is 0.891. The molecule has 2 aromatic rings. The van der Waals surface area contributed by atoms with Crippen LogP contribution in [-0.4, -0.2) is 4.98 Å². The normalized spacial score (nSPS) is 13.3. The van der Waals surface area contributed by atoms with Crippen molar-refractivity contribution in [3.63, 3.8) is 0 Å². The van der Waals surface area contributed by atoms with Gasteiger partial charge in [-0.2, -0.15) is 13.2 Å². The third-order valence-electron chi connectivity index (χ3n) is 2.66. The average Bonchev–Trinajstić information content (AvgIpc) is 2.38. The van der Waals surface area contributed by atoms with E-state index in [4.69, 9.17) is 5.73 Å². The molecule has 1 atom stereocenters. The Hall–Kier alpha value is -1.88. The minimum atomic E-state index is -4.32. The maximum atomic E-state index is 12.4. The molecule has 2 N–H and O–H groups in total. The van der Waals surface area contributed by atoms with Crippen LogP contribution < -0.4 is 5.73 Å². The molecule has 94 valence electrons. The highest BCUT2D eigenvalue weighted by Gasteiger charge is 2.30. The molecule has 0 amide bonds. The van der Waals surface area contributed by atoms with Gasteiger partial charge in [0.15, 0.2) is 0 Å². The Bertz CT molecular complexity index is 506. The van der Waals surface area contributed by atoms with Gasteiger partial charge in [-0.3, -0.25) is 4.98 Å². The molecule has 2 rings (SSSR count). The first kappa shape index (κ1) is 12.6. The largest absolute Gasteiger partial charge is 0.416 e. The van der Waals surface area contributed by atoms with Gasteiger partial charge in [0.05, 0.1) is 11.6 Å². The number of hydrogen-bond acceptors (Lipinski definition) is 2. The molecule has 0 radical (unpaired) electrons. The molecule has 0 saturated carbocycles. The molecule has 0 aliphatic rings. The van der Waals surface area contributed by atoms with Crippen LogP contribution in [0.2, 0.25) is 0 Å². The van der Waals surface area contributed by atoms with Crippen molar-refractivity contribution in [1.29, 1.82) is 0 Å². The van der Waals surface area contributed by atoms with Gasteiger partial charge in [-0.15, -0.1) is 0 Å². The molecular weight excluding hydrogens is 241 g/mol. The number of benzene rings is 1. The maximum Gasteiger partial charge on any atom is 0.416 e. The average molecular weight is 252 g/mol. The Kier molecular flexibility index (Phi) is 3.34. The standard InChI is InChI=1S/C13H11F3N2/c14-13(15,16)11-3-1-9(2-4-11)12(17)10-5-7-18-8-6-10/h1-8,12H,17H2. The van der Waals surface area contributed by atoms with E-state index < -0.39 is 17.8 Å². The second-order valence-corrected chi connectivity index (χ2v) is 3.88. The van der Waals surface area contributed by atoms with Crippen molar-refractivity contribution in [2.45, 2.75) is 12.2 Å². The minimum absolute atomic E-state index is 0.449. The van der Waals surface area contributed by atoms with E-state index in [1.807, 2.05) is 0 Å². The summed E-state index contributed by atoms with van der Waals surface area (Å²) in [5.41, 5.74) is 6.74. The van der Waals surface area contributed by atoms with Gasteiger partial charge in [-0.05, 0) is 35.4 Å². The van der Waals surface area contributed by atoms with E-state index in [0.29, 0.717) is 5.56 Å². The molecular formula is C13H11F3N2. The van der Waals surface area contributed by atoms with Gasteiger partial charge in [-0.25, -0.2) is 0 Å². The van der Waals surface area contributed by atoms with Crippen LogP contribution in [0.1, 0.15) is 22.7 Å². The third-order valence-corrected chi connectivity index (χ3v) is 2.66.